The minimum absolute atomic E-state index is 0.0150. The van der Waals surface area contributed by atoms with Crippen LogP contribution in [0.3, 0.4) is 0 Å². The van der Waals surface area contributed by atoms with Gasteiger partial charge >= 0.3 is 6.03 Å². The van der Waals surface area contributed by atoms with Crippen LogP contribution in [-0.2, 0) is 10.0 Å². The highest BCUT2D eigenvalue weighted by Crippen LogP contribution is 2.38. The normalized spacial score (nSPS) is 24.1. The third-order valence-electron chi connectivity index (χ3n) is 9.62. The Kier molecular flexibility index (Phi) is 8.92. The summed E-state index contributed by atoms with van der Waals surface area (Å²) in [6, 6.07) is 3.80. The fourth-order valence-corrected chi connectivity index (χ4v) is 8.61. The number of alkyl halides is 2. The molecule has 0 spiro atoms. The summed E-state index contributed by atoms with van der Waals surface area (Å²) in [6.45, 7) is 7.91. The average Bonchev–Trinajstić information content (AvgIpc) is 3.33. The van der Waals surface area contributed by atoms with Crippen molar-refractivity contribution in [2.45, 2.75) is 81.4 Å². The Morgan fingerprint density at radius 3 is 2.47 bits per heavy atom. The van der Waals surface area contributed by atoms with Crippen molar-refractivity contribution in [1.29, 1.82) is 5.26 Å². The average molecular weight is 691 g/mol. The van der Waals surface area contributed by atoms with E-state index >= 15 is 0 Å². The number of piperazine rings is 1. The quantitative estimate of drug-likeness (QED) is 0.336. The third-order valence-corrected chi connectivity index (χ3v) is 12.2. The molecule has 3 aromatic heterocycles. The molecule has 1 N–H and O–H groups in total. The van der Waals surface area contributed by atoms with Gasteiger partial charge in [0.1, 0.15) is 4.90 Å². The zero-order chi connectivity index (χ0) is 33.8. The molecule has 0 aromatic carbocycles. The predicted octanol–water partition coefficient (Wildman–Crippen LogP) is 3.81. The maximum atomic E-state index is 13.7. The summed E-state index contributed by atoms with van der Waals surface area (Å²) in [5.41, 5.74) is 0.673. The van der Waals surface area contributed by atoms with E-state index < -0.39 is 27.0 Å². The number of nitrogens with one attached hydrogen (secondary N) is 1. The first kappa shape index (κ1) is 33.4. The second-order valence-electron chi connectivity index (χ2n) is 13.5. The fraction of sp³-hybridized carbons (Fsp3) is 0.633. The molecule has 2 saturated carbocycles. The number of nitriles is 1. The number of amides is 2. The molecule has 2 amide bonds. The second kappa shape index (κ2) is 12.5. The Bertz CT molecular complexity index is 1790. The van der Waals surface area contributed by atoms with Gasteiger partial charge < -0.3 is 19.6 Å². The summed E-state index contributed by atoms with van der Waals surface area (Å²) in [7, 11) is -0.120. The molecule has 1 aliphatic heterocycles. The van der Waals surface area contributed by atoms with Crippen molar-refractivity contribution in [2.75, 3.05) is 45.2 Å². The largest absolute Gasteiger partial charge is 0.366 e. The molecule has 1 saturated heterocycles. The molecule has 4 heterocycles. The number of likely N-dealkylation sites (N-methyl/N-ethyl adjacent to an activating group) is 2. The molecule has 254 valence electrons. The van der Waals surface area contributed by atoms with Crippen molar-refractivity contribution in [1.82, 2.24) is 39.0 Å². The van der Waals surface area contributed by atoms with Gasteiger partial charge in [0.05, 0.1) is 23.5 Å². The number of anilines is 1. The second-order valence-corrected chi connectivity index (χ2v) is 16.1. The number of pyridine rings is 1. The molecule has 17 heteroatoms. The Morgan fingerprint density at radius 1 is 1.19 bits per heavy atom. The maximum Gasteiger partial charge on any atom is 0.320 e. The van der Waals surface area contributed by atoms with Crippen LogP contribution in [0.4, 0.5) is 19.3 Å². The zero-order valence-corrected chi connectivity index (χ0v) is 28.7. The molecule has 0 unspecified atom stereocenters. The number of hydrogen-bond acceptors (Lipinski definition) is 10. The molecule has 3 aromatic rings. The molecule has 47 heavy (non-hydrogen) atoms. The van der Waals surface area contributed by atoms with E-state index in [9.17, 15) is 22.0 Å². The highest BCUT2D eigenvalue weighted by Gasteiger charge is 2.42. The van der Waals surface area contributed by atoms with E-state index in [0.717, 1.165) is 25.7 Å². The van der Waals surface area contributed by atoms with Crippen molar-refractivity contribution >= 4 is 38.6 Å². The van der Waals surface area contributed by atoms with Gasteiger partial charge in [-0.25, -0.2) is 31.7 Å². The maximum absolute atomic E-state index is 13.7. The SMILES string of the molecule is C[C@H]1CN(c2cc(S(=O)(=O)NC3(C)CC3)cn3c(-c4nnc(C(F)F)s4)ncc23)C[C@H](C)N1C(=O)N(C)CCN(C)C1CC(C#N)C1. The molecule has 3 aliphatic rings. The van der Waals surface area contributed by atoms with Crippen molar-refractivity contribution < 1.29 is 22.0 Å². The van der Waals surface area contributed by atoms with Crippen LogP contribution < -0.4 is 9.62 Å². The van der Waals surface area contributed by atoms with Gasteiger partial charge in [-0.05, 0) is 59.6 Å². The van der Waals surface area contributed by atoms with Gasteiger partial charge in [0.15, 0.2) is 15.8 Å². The van der Waals surface area contributed by atoms with Gasteiger partial charge in [0.2, 0.25) is 10.0 Å². The Morgan fingerprint density at radius 2 is 1.87 bits per heavy atom. The highest BCUT2D eigenvalue weighted by molar-refractivity contribution is 7.89. The van der Waals surface area contributed by atoms with Crippen LogP contribution in [0.15, 0.2) is 23.4 Å². The van der Waals surface area contributed by atoms with E-state index in [1.165, 1.54) is 6.20 Å². The van der Waals surface area contributed by atoms with Crippen LogP contribution in [0.5, 0.6) is 0 Å². The van der Waals surface area contributed by atoms with Gasteiger partial charge in [-0.1, -0.05) is 11.3 Å². The number of aromatic nitrogens is 4. The van der Waals surface area contributed by atoms with Crippen molar-refractivity contribution in [3.05, 3.63) is 23.5 Å². The van der Waals surface area contributed by atoms with E-state index in [0.29, 0.717) is 54.8 Å². The first-order chi connectivity index (χ1) is 22.2. The molecule has 13 nitrogen and oxygen atoms in total. The van der Waals surface area contributed by atoms with Crippen molar-refractivity contribution in [3.63, 3.8) is 0 Å². The first-order valence-corrected chi connectivity index (χ1v) is 18.0. The number of rotatable bonds is 10. The lowest BCUT2D eigenvalue weighted by atomic mass is 9.80. The predicted molar refractivity (Wildman–Crippen MR) is 173 cm³/mol. The summed E-state index contributed by atoms with van der Waals surface area (Å²) in [5.74, 6) is 0.336. The summed E-state index contributed by atoms with van der Waals surface area (Å²) in [4.78, 5) is 26.0. The van der Waals surface area contributed by atoms with Gasteiger partial charge in [0.25, 0.3) is 6.43 Å². The standard InChI is InChI=1S/C30H40F2N10O3S2/c1-18-15-40(16-19(2)42(18)29(43)39(5)9-8-38(4)21-10-20(11-21)13-33)23-12-22(47(44,45)37-30(3)6-7-30)17-41-24(23)14-34-26(41)28-36-35-27(46-28)25(31)32/h12,14,17-21,25,37H,6-11,15-16H2,1-5H3/t18-,19-,20?,21?/m0/s1. The van der Waals surface area contributed by atoms with Gasteiger partial charge in [-0.2, -0.15) is 5.26 Å². The van der Waals surface area contributed by atoms with Crippen LogP contribution in [0.1, 0.15) is 57.9 Å². The Labute approximate surface area is 277 Å². The number of urea groups is 1. The lowest BCUT2D eigenvalue weighted by molar-refractivity contribution is 0.0961. The molecule has 3 fully saturated rings. The molecule has 6 rings (SSSR count). The molecule has 0 bridgehead atoms. The van der Waals surface area contributed by atoms with Gasteiger partial charge in [-0.3, -0.25) is 4.40 Å². The van der Waals surface area contributed by atoms with E-state index in [2.05, 4.69) is 35.8 Å². The van der Waals surface area contributed by atoms with E-state index in [1.807, 2.05) is 32.7 Å². The van der Waals surface area contributed by atoms with Crippen molar-refractivity contribution in [3.8, 4) is 16.9 Å². The molecular formula is C30H40F2N10O3S2. The van der Waals surface area contributed by atoms with E-state index in [4.69, 9.17) is 5.26 Å². The number of hydrogen-bond donors (Lipinski definition) is 1. The number of sulfonamides is 1. The Hall–Kier alpha value is -3.46. The molecule has 2 aliphatic carbocycles. The molecule has 0 radical (unpaired) electrons. The van der Waals surface area contributed by atoms with Gasteiger partial charge in [-0.15, -0.1) is 10.2 Å². The lowest BCUT2D eigenvalue weighted by Gasteiger charge is -2.46. The third kappa shape index (κ3) is 6.65. The number of carbonyl (C=O) groups excluding carboxylic acids is 1. The summed E-state index contributed by atoms with van der Waals surface area (Å²) in [5, 5.41) is 16.3. The van der Waals surface area contributed by atoms with Crippen LogP contribution in [-0.4, -0.2) is 113 Å². The topological polar surface area (TPSA) is 143 Å². The smallest absolute Gasteiger partial charge is 0.320 e. The summed E-state index contributed by atoms with van der Waals surface area (Å²) >= 11 is 0.709. The number of nitrogens with zero attached hydrogens (tertiary/aromatic N) is 9. The monoisotopic (exact) mass is 690 g/mol. The first-order valence-electron chi connectivity index (χ1n) is 15.7. The van der Waals surface area contributed by atoms with Gasteiger partial charge in [0, 0.05) is 69.0 Å². The van der Waals surface area contributed by atoms with Crippen LogP contribution in [0, 0.1) is 17.2 Å². The van der Waals surface area contributed by atoms with E-state index in [-0.39, 0.29) is 39.8 Å². The molecular weight excluding hydrogens is 651 g/mol. The highest BCUT2D eigenvalue weighted by atomic mass is 32.2. The van der Waals surface area contributed by atoms with Crippen LogP contribution in [0.25, 0.3) is 16.3 Å². The molecule has 2 atom stereocenters. The number of halogens is 2. The minimum Gasteiger partial charge on any atom is -0.366 e. The van der Waals surface area contributed by atoms with Crippen LogP contribution in [0.2, 0.25) is 0 Å². The van der Waals surface area contributed by atoms with E-state index in [1.54, 1.807) is 28.6 Å². The number of imidazole rings is 1. The van der Waals surface area contributed by atoms with Crippen LogP contribution >= 0.6 is 11.3 Å². The fourth-order valence-electron chi connectivity index (χ4n) is 6.43. The number of fused-ring (bicyclic) bond motifs is 1. The Balaban J connectivity index is 1.25. The summed E-state index contributed by atoms with van der Waals surface area (Å²) in [6.07, 6.45) is 3.43. The van der Waals surface area contributed by atoms with Crippen molar-refractivity contribution in [2.24, 2.45) is 5.92 Å². The summed E-state index contributed by atoms with van der Waals surface area (Å²) < 4.78 is 58.3. The minimum atomic E-state index is -3.95. The lowest BCUT2D eigenvalue weighted by Crippen LogP contribution is -2.61. The number of carbonyl (C=O) groups is 1. The zero-order valence-electron chi connectivity index (χ0n) is 27.1.